The third kappa shape index (κ3) is 5.02. The number of nitrogens with one attached hydrogen (secondary N) is 2. The summed E-state index contributed by atoms with van der Waals surface area (Å²) in [7, 11) is 4.09. The van der Waals surface area contributed by atoms with Gasteiger partial charge in [0.25, 0.3) is 0 Å². The van der Waals surface area contributed by atoms with Crippen molar-refractivity contribution in [1.29, 1.82) is 0 Å². The number of urea groups is 1. The van der Waals surface area contributed by atoms with E-state index in [1.807, 2.05) is 21.0 Å². The van der Waals surface area contributed by atoms with Gasteiger partial charge >= 0.3 is 6.03 Å². The molecule has 0 bridgehead atoms. The van der Waals surface area contributed by atoms with Crippen LogP contribution in [0.2, 0.25) is 0 Å². The van der Waals surface area contributed by atoms with Crippen LogP contribution in [0.1, 0.15) is 32.6 Å². The Kier molecular flexibility index (Phi) is 4.88. The van der Waals surface area contributed by atoms with E-state index < -0.39 is 0 Å². The summed E-state index contributed by atoms with van der Waals surface area (Å²) in [5, 5.41) is 5.93. The Morgan fingerprint density at radius 3 is 2.60 bits per heavy atom. The van der Waals surface area contributed by atoms with Crippen LogP contribution in [0.15, 0.2) is 0 Å². The molecule has 0 heterocycles. The fraction of sp³-hybridized carbons (Fsp3) is 0.909. The van der Waals surface area contributed by atoms with Crippen molar-refractivity contribution >= 4 is 6.03 Å². The number of amides is 2. The van der Waals surface area contributed by atoms with Gasteiger partial charge in [0, 0.05) is 12.1 Å². The number of carbonyl (C=O) groups excluding carboxylic acids is 1. The molecule has 1 aliphatic carbocycles. The van der Waals surface area contributed by atoms with Crippen molar-refractivity contribution in [3.8, 4) is 0 Å². The molecule has 1 fully saturated rings. The molecule has 0 spiro atoms. The Balaban J connectivity index is 2.07. The molecule has 0 aromatic carbocycles. The molecular formula is C11H23N3O. The lowest BCUT2D eigenvalue weighted by Gasteiger charge is -2.27. The van der Waals surface area contributed by atoms with Gasteiger partial charge in [-0.25, -0.2) is 4.79 Å². The van der Waals surface area contributed by atoms with Crippen LogP contribution < -0.4 is 10.6 Å². The van der Waals surface area contributed by atoms with Crippen molar-refractivity contribution in [1.82, 2.24) is 15.5 Å². The molecule has 1 rings (SSSR count). The van der Waals surface area contributed by atoms with Crippen molar-refractivity contribution < 1.29 is 4.79 Å². The van der Waals surface area contributed by atoms with Crippen LogP contribution in [-0.4, -0.2) is 43.7 Å². The van der Waals surface area contributed by atoms with Crippen molar-refractivity contribution in [3.63, 3.8) is 0 Å². The van der Waals surface area contributed by atoms with Crippen LogP contribution in [0, 0.1) is 0 Å². The summed E-state index contributed by atoms with van der Waals surface area (Å²) >= 11 is 0. The Morgan fingerprint density at radius 2 is 2.13 bits per heavy atom. The predicted octanol–water partition coefficient (Wildman–Crippen LogP) is 1.18. The van der Waals surface area contributed by atoms with Gasteiger partial charge in [0.05, 0.1) is 0 Å². The van der Waals surface area contributed by atoms with Gasteiger partial charge in [-0.1, -0.05) is 0 Å². The van der Waals surface area contributed by atoms with Crippen LogP contribution in [0.5, 0.6) is 0 Å². The molecule has 88 valence electrons. The lowest BCUT2D eigenvalue weighted by atomic mass is 9.93. The maximum atomic E-state index is 11.5. The quantitative estimate of drug-likeness (QED) is 0.720. The molecule has 4 nitrogen and oxygen atoms in total. The van der Waals surface area contributed by atoms with Crippen molar-refractivity contribution in [3.05, 3.63) is 0 Å². The Hall–Kier alpha value is -0.770. The van der Waals surface area contributed by atoms with E-state index in [0.717, 1.165) is 25.8 Å². The summed E-state index contributed by atoms with van der Waals surface area (Å²) in [5.74, 6) is 0. The highest BCUT2D eigenvalue weighted by Gasteiger charge is 2.19. The number of rotatable bonds is 5. The maximum Gasteiger partial charge on any atom is 0.315 e. The molecule has 2 N–H and O–H groups in total. The number of nitrogens with zero attached hydrogens (tertiary/aromatic N) is 1. The first-order valence-electron chi connectivity index (χ1n) is 5.79. The third-order valence-corrected chi connectivity index (χ3v) is 2.83. The standard InChI is InChI=1S/C11H23N3O/c1-9(7-8-14(2)3)12-11(15)13-10-5-4-6-10/h9-10H,4-8H2,1-3H3,(H2,12,13,15). The molecule has 1 unspecified atom stereocenters. The highest BCUT2D eigenvalue weighted by Crippen LogP contribution is 2.17. The molecule has 2 amide bonds. The summed E-state index contributed by atoms with van der Waals surface area (Å²) < 4.78 is 0. The minimum atomic E-state index is -0.00837. The van der Waals surface area contributed by atoms with Crippen LogP contribution in [0.4, 0.5) is 4.79 Å². The number of hydrogen-bond donors (Lipinski definition) is 2. The second-order valence-electron chi connectivity index (χ2n) is 4.74. The molecule has 0 aromatic rings. The van der Waals surface area contributed by atoms with E-state index in [1.165, 1.54) is 6.42 Å². The van der Waals surface area contributed by atoms with E-state index in [1.54, 1.807) is 0 Å². The van der Waals surface area contributed by atoms with Crippen LogP contribution >= 0.6 is 0 Å². The van der Waals surface area contributed by atoms with Crippen molar-refractivity contribution in [2.24, 2.45) is 0 Å². The molecule has 0 radical (unpaired) electrons. The zero-order valence-corrected chi connectivity index (χ0v) is 10.0. The minimum absolute atomic E-state index is 0.00837. The van der Waals surface area contributed by atoms with Crippen LogP contribution in [0.3, 0.4) is 0 Å². The first-order chi connectivity index (χ1) is 7.08. The molecule has 0 aromatic heterocycles. The van der Waals surface area contributed by atoms with E-state index in [-0.39, 0.29) is 12.1 Å². The summed E-state index contributed by atoms with van der Waals surface area (Å²) in [6.45, 7) is 3.05. The van der Waals surface area contributed by atoms with Gasteiger partial charge < -0.3 is 15.5 Å². The van der Waals surface area contributed by atoms with Gasteiger partial charge in [-0.2, -0.15) is 0 Å². The van der Waals surface area contributed by atoms with Gasteiger partial charge in [-0.3, -0.25) is 0 Å². The van der Waals surface area contributed by atoms with Crippen molar-refractivity contribution in [2.75, 3.05) is 20.6 Å². The van der Waals surface area contributed by atoms with Gasteiger partial charge in [-0.05, 0) is 53.2 Å². The SMILES string of the molecule is CC(CCN(C)C)NC(=O)NC1CCC1. The average Bonchev–Trinajstić information content (AvgIpc) is 2.08. The zero-order valence-electron chi connectivity index (χ0n) is 10.0. The maximum absolute atomic E-state index is 11.5. The van der Waals surface area contributed by atoms with Gasteiger partial charge in [0.15, 0.2) is 0 Å². The van der Waals surface area contributed by atoms with E-state index in [4.69, 9.17) is 0 Å². The second-order valence-corrected chi connectivity index (χ2v) is 4.74. The third-order valence-electron chi connectivity index (χ3n) is 2.83. The second kappa shape index (κ2) is 5.95. The normalized spacial score (nSPS) is 18.4. The molecule has 0 aliphatic heterocycles. The molecular weight excluding hydrogens is 190 g/mol. The lowest BCUT2D eigenvalue weighted by molar-refractivity contribution is 0.223. The first kappa shape index (κ1) is 12.3. The fourth-order valence-electron chi connectivity index (χ4n) is 1.53. The first-order valence-corrected chi connectivity index (χ1v) is 5.79. The smallest absolute Gasteiger partial charge is 0.315 e. The summed E-state index contributed by atoms with van der Waals surface area (Å²) in [6, 6.07) is 0.657. The minimum Gasteiger partial charge on any atom is -0.336 e. The van der Waals surface area contributed by atoms with E-state index >= 15 is 0 Å². The predicted molar refractivity (Wildman–Crippen MR) is 61.9 cm³/mol. The monoisotopic (exact) mass is 213 g/mol. The Bertz CT molecular complexity index is 202. The summed E-state index contributed by atoms with van der Waals surface area (Å²) in [4.78, 5) is 13.6. The molecule has 1 atom stereocenters. The largest absolute Gasteiger partial charge is 0.336 e. The van der Waals surface area contributed by atoms with Crippen molar-refractivity contribution in [2.45, 2.75) is 44.7 Å². The van der Waals surface area contributed by atoms with E-state index in [0.29, 0.717) is 6.04 Å². The van der Waals surface area contributed by atoms with E-state index in [9.17, 15) is 4.79 Å². The van der Waals surface area contributed by atoms with Crippen LogP contribution in [-0.2, 0) is 0 Å². The number of carbonyl (C=O) groups is 1. The molecule has 15 heavy (non-hydrogen) atoms. The summed E-state index contributed by atoms with van der Waals surface area (Å²) in [6.07, 6.45) is 4.52. The zero-order chi connectivity index (χ0) is 11.3. The highest BCUT2D eigenvalue weighted by molar-refractivity contribution is 5.74. The van der Waals surface area contributed by atoms with Gasteiger partial charge in [0.1, 0.15) is 0 Å². The Morgan fingerprint density at radius 1 is 1.47 bits per heavy atom. The average molecular weight is 213 g/mol. The topological polar surface area (TPSA) is 44.4 Å². The van der Waals surface area contributed by atoms with E-state index in [2.05, 4.69) is 15.5 Å². The van der Waals surface area contributed by atoms with Gasteiger partial charge in [-0.15, -0.1) is 0 Å². The highest BCUT2D eigenvalue weighted by atomic mass is 16.2. The molecule has 4 heteroatoms. The summed E-state index contributed by atoms with van der Waals surface area (Å²) in [5.41, 5.74) is 0. The molecule has 0 saturated heterocycles. The lowest BCUT2D eigenvalue weighted by Crippen LogP contribution is -2.48. The molecule has 1 aliphatic rings. The van der Waals surface area contributed by atoms with Gasteiger partial charge in [0.2, 0.25) is 0 Å². The Labute approximate surface area is 92.4 Å². The van der Waals surface area contributed by atoms with Crippen LogP contribution in [0.25, 0.3) is 0 Å². The number of hydrogen-bond acceptors (Lipinski definition) is 2. The molecule has 1 saturated carbocycles. The fourth-order valence-corrected chi connectivity index (χ4v) is 1.53.